The molecule has 1 aromatic heterocycles. The molecule has 3 rings (SSSR count). The van der Waals surface area contributed by atoms with Crippen LogP contribution < -0.4 is 10.2 Å². The Morgan fingerprint density at radius 3 is 2.34 bits per heavy atom. The van der Waals surface area contributed by atoms with Crippen molar-refractivity contribution in [2.45, 2.75) is 81.2 Å². The first-order valence-corrected chi connectivity index (χ1v) is 13.6. The summed E-state index contributed by atoms with van der Waals surface area (Å²) >= 11 is 6.63. The maximum Gasteiger partial charge on any atom is 0.132 e. The smallest absolute Gasteiger partial charge is 0.132 e. The van der Waals surface area contributed by atoms with E-state index in [0.29, 0.717) is 0 Å². The molecule has 0 atom stereocenters. The molecule has 1 aromatic carbocycles. The van der Waals surface area contributed by atoms with Crippen LogP contribution >= 0.6 is 20.5 Å². The van der Waals surface area contributed by atoms with E-state index < -0.39 is 0 Å². The Balaban J connectivity index is 0.00000129. The molecule has 1 aliphatic rings. The number of imidazole rings is 1. The summed E-state index contributed by atoms with van der Waals surface area (Å²) in [5, 5.41) is 4.34. The molecular formula is C28H47ClN5P. The van der Waals surface area contributed by atoms with E-state index in [1.807, 2.05) is 58.0 Å². The van der Waals surface area contributed by atoms with Crippen molar-refractivity contribution in [3.8, 4) is 0 Å². The summed E-state index contributed by atoms with van der Waals surface area (Å²) in [6, 6.07) is 4.21. The van der Waals surface area contributed by atoms with Crippen LogP contribution in [0.2, 0.25) is 5.02 Å². The van der Waals surface area contributed by atoms with E-state index in [0.717, 1.165) is 53.9 Å². The number of allylic oxidation sites excluding steroid dienone is 1. The van der Waals surface area contributed by atoms with Gasteiger partial charge in [0.1, 0.15) is 5.84 Å². The van der Waals surface area contributed by atoms with Crippen molar-refractivity contribution in [2.24, 2.45) is 12.0 Å². The number of nitrogens with zero attached hydrogens (tertiary/aromatic N) is 4. The highest BCUT2D eigenvalue weighted by Crippen LogP contribution is 2.35. The van der Waals surface area contributed by atoms with Gasteiger partial charge in [0.15, 0.2) is 0 Å². The third kappa shape index (κ3) is 10.2. The summed E-state index contributed by atoms with van der Waals surface area (Å²) in [6.45, 7) is 18.2. The van der Waals surface area contributed by atoms with Crippen molar-refractivity contribution in [3.05, 3.63) is 57.8 Å². The number of rotatable bonds is 4. The minimum absolute atomic E-state index is 0.743. The van der Waals surface area contributed by atoms with Gasteiger partial charge < -0.3 is 14.8 Å². The van der Waals surface area contributed by atoms with Gasteiger partial charge in [-0.3, -0.25) is 4.99 Å². The van der Waals surface area contributed by atoms with Crippen LogP contribution in [0.3, 0.4) is 0 Å². The molecule has 0 bridgehead atoms. The molecule has 0 unspecified atom stereocenters. The zero-order chi connectivity index (χ0) is 27.0. The molecule has 0 saturated carbocycles. The monoisotopic (exact) mass is 519 g/mol. The van der Waals surface area contributed by atoms with E-state index in [2.05, 4.69) is 69.7 Å². The molecule has 0 spiro atoms. The number of aryl methyl sites for hydroxylation is 3. The second kappa shape index (κ2) is 18.2. The van der Waals surface area contributed by atoms with Gasteiger partial charge in [-0.05, 0) is 57.7 Å². The Morgan fingerprint density at radius 1 is 1.26 bits per heavy atom. The molecule has 0 aliphatic carbocycles. The first-order valence-electron chi connectivity index (χ1n) is 12.6. The fourth-order valence-corrected chi connectivity index (χ4v) is 4.18. The van der Waals surface area contributed by atoms with Crippen LogP contribution in [0.4, 0.5) is 5.69 Å². The lowest BCUT2D eigenvalue weighted by molar-refractivity contribution is 0.710. The third-order valence-corrected chi connectivity index (χ3v) is 5.41. The number of halogens is 1. The maximum absolute atomic E-state index is 6.63. The molecule has 7 heteroatoms. The van der Waals surface area contributed by atoms with Gasteiger partial charge in [-0.2, -0.15) is 0 Å². The van der Waals surface area contributed by atoms with E-state index >= 15 is 0 Å². The molecular weight excluding hydrogens is 473 g/mol. The number of amidine groups is 1. The second-order valence-electron chi connectivity index (χ2n) is 8.16. The van der Waals surface area contributed by atoms with Gasteiger partial charge in [0.2, 0.25) is 0 Å². The summed E-state index contributed by atoms with van der Waals surface area (Å²) in [4.78, 5) is 11.1. The Hall–Kier alpha value is -2.10. The molecule has 0 radical (unpaired) electrons. The van der Waals surface area contributed by atoms with E-state index in [1.54, 1.807) is 5.80 Å². The van der Waals surface area contributed by atoms with E-state index in [9.17, 15) is 0 Å². The van der Waals surface area contributed by atoms with Crippen molar-refractivity contribution in [1.82, 2.24) is 14.9 Å². The zero-order valence-corrected chi connectivity index (χ0v) is 25.3. The fraction of sp³-hybridized carbons (Fsp3) is 0.536. The van der Waals surface area contributed by atoms with Gasteiger partial charge >= 0.3 is 0 Å². The van der Waals surface area contributed by atoms with Gasteiger partial charge in [-0.25, -0.2) is 4.98 Å². The third-order valence-electron chi connectivity index (χ3n) is 5.12. The van der Waals surface area contributed by atoms with Gasteiger partial charge in [0, 0.05) is 38.1 Å². The van der Waals surface area contributed by atoms with Gasteiger partial charge in [0.25, 0.3) is 0 Å². The molecule has 5 nitrogen and oxygen atoms in total. The normalized spacial score (nSPS) is 15.1. The molecule has 196 valence electrons. The largest absolute Gasteiger partial charge is 0.383 e. The van der Waals surface area contributed by atoms with Crippen molar-refractivity contribution in [1.29, 1.82) is 0 Å². The number of piperidine rings is 1. The average Bonchev–Trinajstić information content (AvgIpc) is 3.23. The fourth-order valence-electron chi connectivity index (χ4n) is 3.76. The predicted octanol–water partition coefficient (Wildman–Crippen LogP) is 7.78. The molecule has 2 aromatic rings. The SMILES string of the molecule is CC.CC=P.CCC.CN=C1/C(=C(\C)NCc2cncn2C)CCCN1c1c(C)cc(C)cc1Cl. The summed E-state index contributed by atoms with van der Waals surface area (Å²) in [7, 11) is 6.93. The minimum Gasteiger partial charge on any atom is -0.383 e. The standard InChI is InChI=1S/C21H28ClN5.C3H8.C2H5P.C2H6/c1-14-9-15(2)20(19(22)10-14)27-8-6-7-18(21(27)23-4)16(3)25-12-17-11-24-13-26(17)5;1-3-2;1-2-3;1-2/h9-11,13,25H,6-8,12H2,1-5H3;3H2,1-2H3;2-3H,1H3;1-2H3/b18-16+,23-21?;;;. The Morgan fingerprint density at radius 2 is 1.86 bits per heavy atom. The highest BCUT2D eigenvalue weighted by atomic mass is 35.5. The topological polar surface area (TPSA) is 45.5 Å². The van der Waals surface area contributed by atoms with Gasteiger partial charge in [0.05, 0.1) is 29.3 Å². The second-order valence-corrected chi connectivity index (χ2v) is 9.15. The summed E-state index contributed by atoms with van der Waals surface area (Å²) in [5.74, 6) is 2.81. The number of anilines is 1. The number of benzene rings is 1. The first-order chi connectivity index (χ1) is 16.7. The van der Waals surface area contributed by atoms with Crippen molar-refractivity contribution in [2.75, 3.05) is 18.5 Å². The van der Waals surface area contributed by atoms with Crippen molar-refractivity contribution in [3.63, 3.8) is 0 Å². The lowest BCUT2D eigenvalue weighted by Gasteiger charge is -2.35. The quantitative estimate of drug-likeness (QED) is 0.419. The number of hydrogen-bond donors (Lipinski definition) is 1. The van der Waals surface area contributed by atoms with Crippen LogP contribution in [0, 0.1) is 13.8 Å². The summed E-state index contributed by atoms with van der Waals surface area (Å²) < 4.78 is 2.03. The summed E-state index contributed by atoms with van der Waals surface area (Å²) in [6.07, 6.45) is 7.05. The molecule has 1 N–H and O–H groups in total. The average molecular weight is 520 g/mol. The molecule has 0 amide bonds. The molecule has 1 saturated heterocycles. The Kier molecular flexibility index (Phi) is 17.1. The number of aromatic nitrogens is 2. The van der Waals surface area contributed by atoms with Crippen LogP contribution in [0.15, 0.2) is 40.9 Å². The number of hydrogen-bond acceptors (Lipinski definition) is 3. The van der Waals surface area contributed by atoms with Crippen LogP contribution in [-0.2, 0) is 13.6 Å². The highest BCUT2D eigenvalue weighted by Gasteiger charge is 2.26. The maximum atomic E-state index is 6.63. The van der Waals surface area contributed by atoms with Crippen molar-refractivity contribution >= 4 is 37.8 Å². The first kappa shape index (κ1) is 32.9. The number of aliphatic imine (C=N–C) groups is 1. The van der Waals surface area contributed by atoms with E-state index in [1.165, 1.54) is 23.1 Å². The zero-order valence-electron chi connectivity index (χ0n) is 23.6. The van der Waals surface area contributed by atoms with Crippen molar-refractivity contribution < 1.29 is 0 Å². The lowest BCUT2D eigenvalue weighted by atomic mass is 9.99. The van der Waals surface area contributed by atoms with Crippen LogP contribution in [0.1, 0.15) is 77.6 Å². The molecule has 35 heavy (non-hydrogen) atoms. The van der Waals surface area contributed by atoms with Gasteiger partial charge in [-0.15, -0.1) is 8.86 Å². The molecule has 1 aliphatic heterocycles. The summed E-state index contributed by atoms with van der Waals surface area (Å²) in [5.41, 5.74) is 6.99. The molecule has 1 fully saturated rings. The Labute approximate surface area is 221 Å². The lowest BCUT2D eigenvalue weighted by Crippen LogP contribution is -2.39. The van der Waals surface area contributed by atoms with E-state index in [-0.39, 0.29) is 0 Å². The predicted molar refractivity (Wildman–Crippen MR) is 161 cm³/mol. The highest BCUT2D eigenvalue weighted by molar-refractivity contribution is 7.18. The van der Waals surface area contributed by atoms with Crippen LogP contribution in [0.25, 0.3) is 0 Å². The van der Waals surface area contributed by atoms with Crippen LogP contribution in [-0.4, -0.2) is 34.8 Å². The van der Waals surface area contributed by atoms with E-state index in [4.69, 9.17) is 11.6 Å². The minimum atomic E-state index is 0.743. The van der Waals surface area contributed by atoms with Gasteiger partial charge in [-0.1, -0.05) is 57.6 Å². The molecule has 2 heterocycles. The van der Waals surface area contributed by atoms with Crippen LogP contribution in [0.5, 0.6) is 0 Å². The Bertz CT molecular complexity index is 939. The number of nitrogens with one attached hydrogen (secondary N) is 1.